The number of nitrogens with zero attached hydrogens (tertiary/aromatic N) is 4. The van der Waals surface area contributed by atoms with Crippen molar-refractivity contribution < 1.29 is 4.74 Å². The van der Waals surface area contributed by atoms with Gasteiger partial charge in [-0.05, 0) is 24.7 Å². The van der Waals surface area contributed by atoms with E-state index in [1.165, 1.54) is 0 Å². The van der Waals surface area contributed by atoms with Crippen molar-refractivity contribution in [3.05, 3.63) is 47.5 Å². The number of benzene rings is 1. The second-order valence-electron chi connectivity index (χ2n) is 4.77. The molecule has 5 heteroatoms. The van der Waals surface area contributed by atoms with E-state index in [-0.39, 0.29) is 0 Å². The van der Waals surface area contributed by atoms with Gasteiger partial charge in [-0.2, -0.15) is 5.26 Å². The van der Waals surface area contributed by atoms with Gasteiger partial charge in [0.1, 0.15) is 17.6 Å². The van der Waals surface area contributed by atoms with Gasteiger partial charge in [-0.15, -0.1) is 0 Å². The first-order valence-corrected chi connectivity index (χ1v) is 6.35. The Balaban J connectivity index is 2.06. The summed E-state index contributed by atoms with van der Waals surface area (Å²) in [6.45, 7) is 1.52. The molecule has 0 aliphatic rings. The van der Waals surface area contributed by atoms with Gasteiger partial charge in [0.25, 0.3) is 0 Å². The molecule has 104 valence electrons. The molecule has 0 spiro atoms. The number of hydrogen-bond acceptors (Lipinski definition) is 4. The summed E-state index contributed by atoms with van der Waals surface area (Å²) in [5.74, 6) is 1.63. The van der Waals surface area contributed by atoms with Crippen molar-refractivity contribution in [2.75, 3.05) is 14.2 Å². The maximum absolute atomic E-state index is 9.09. The quantitative estimate of drug-likeness (QED) is 0.833. The number of ether oxygens (including phenoxy) is 1. The third kappa shape index (κ3) is 3.16. The van der Waals surface area contributed by atoms with E-state index in [0.29, 0.717) is 11.3 Å². The number of methoxy groups -OCH3 is 1. The first kappa shape index (κ1) is 14.1. The summed E-state index contributed by atoms with van der Waals surface area (Å²) in [5.41, 5.74) is 1.65. The molecule has 2 aromatic rings. The number of nitriles is 1. The molecule has 0 unspecified atom stereocenters. The van der Waals surface area contributed by atoms with Crippen molar-refractivity contribution in [3.8, 4) is 11.8 Å². The van der Waals surface area contributed by atoms with Crippen molar-refractivity contribution in [3.63, 3.8) is 0 Å². The van der Waals surface area contributed by atoms with Crippen LogP contribution >= 0.6 is 0 Å². The topological polar surface area (TPSA) is 54.1 Å². The molecule has 2 rings (SSSR count). The first-order valence-electron chi connectivity index (χ1n) is 6.35. The molecule has 0 saturated carbocycles. The van der Waals surface area contributed by atoms with Gasteiger partial charge in [0.15, 0.2) is 0 Å². The highest BCUT2D eigenvalue weighted by molar-refractivity contribution is 5.45. The number of imidazole rings is 1. The Labute approximate surface area is 119 Å². The minimum absolute atomic E-state index is 0.565. The van der Waals surface area contributed by atoms with Crippen LogP contribution < -0.4 is 4.74 Å². The molecule has 20 heavy (non-hydrogen) atoms. The third-order valence-corrected chi connectivity index (χ3v) is 3.17. The van der Waals surface area contributed by atoms with Gasteiger partial charge < -0.3 is 9.30 Å². The Morgan fingerprint density at radius 1 is 1.40 bits per heavy atom. The van der Waals surface area contributed by atoms with Crippen molar-refractivity contribution in [2.45, 2.75) is 13.1 Å². The van der Waals surface area contributed by atoms with Crippen LogP contribution in [0.4, 0.5) is 0 Å². The fourth-order valence-corrected chi connectivity index (χ4v) is 2.10. The van der Waals surface area contributed by atoms with Crippen molar-refractivity contribution in [2.24, 2.45) is 7.05 Å². The number of aryl methyl sites for hydroxylation is 1. The molecule has 1 aromatic heterocycles. The highest BCUT2D eigenvalue weighted by atomic mass is 16.5. The SMILES string of the molecule is COc1ccc(CN(C)Cc2nccn2C)cc1C#N. The number of rotatable bonds is 5. The average molecular weight is 270 g/mol. The van der Waals surface area contributed by atoms with Crippen LogP contribution in [0.5, 0.6) is 5.75 Å². The summed E-state index contributed by atoms with van der Waals surface area (Å²) in [6.07, 6.45) is 3.73. The molecule has 0 fully saturated rings. The average Bonchev–Trinajstić information content (AvgIpc) is 2.84. The van der Waals surface area contributed by atoms with Crippen LogP contribution in [0.1, 0.15) is 17.0 Å². The lowest BCUT2D eigenvalue weighted by Crippen LogP contribution is -2.19. The Bertz CT molecular complexity index is 627. The standard InChI is InChI=1S/C15H18N4O/c1-18(11-15-17-6-7-19(15)2)10-12-4-5-14(20-3)13(8-12)9-16/h4-8H,10-11H2,1-3H3. The van der Waals surface area contributed by atoms with Crippen LogP contribution in [0.2, 0.25) is 0 Å². The van der Waals surface area contributed by atoms with Crippen molar-refractivity contribution in [1.29, 1.82) is 5.26 Å². The van der Waals surface area contributed by atoms with E-state index < -0.39 is 0 Å². The summed E-state index contributed by atoms with van der Waals surface area (Å²) in [7, 11) is 5.59. The van der Waals surface area contributed by atoms with Crippen molar-refractivity contribution >= 4 is 0 Å². The molecule has 0 aliphatic heterocycles. The Hall–Kier alpha value is -2.32. The first-order chi connectivity index (χ1) is 9.63. The zero-order chi connectivity index (χ0) is 14.5. The largest absolute Gasteiger partial charge is 0.495 e. The molecule has 1 aromatic carbocycles. The Morgan fingerprint density at radius 3 is 2.80 bits per heavy atom. The van der Waals surface area contributed by atoms with E-state index in [1.807, 2.05) is 43.1 Å². The molecule has 5 nitrogen and oxygen atoms in total. The van der Waals surface area contributed by atoms with E-state index >= 15 is 0 Å². The summed E-state index contributed by atoms with van der Waals surface area (Å²) in [5, 5.41) is 9.09. The van der Waals surface area contributed by atoms with Gasteiger partial charge in [0.2, 0.25) is 0 Å². The van der Waals surface area contributed by atoms with Crippen LogP contribution in [0.15, 0.2) is 30.6 Å². The van der Waals surface area contributed by atoms with Crippen LogP contribution in [-0.2, 0) is 20.1 Å². The minimum atomic E-state index is 0.565. The minimum Gasteiger partial charge on any atom is -0.495 e. The number of hydrogen-bond donors (Lipinski definition) is 0. The van der Waals surface area contributed by atoms with Gasteiger partial charge >= 0.3 is 0 Å². The molecule has 0 atom stereocenters. The summed E-state index contributed by atoms with van der Waals surface area (Å²) in [6, 6.07) is 7.84. The van der Waals surface area contributed by atoms with Crippen LogP contribution in [0.25, 0.3) is 0 Å². The summed E-state index contributed by atoms with van der Waals surface area (Å²) in [4.78, 5) is 6.47. The fourth-order valence-electron chi connectivity index (χ4n) is 2.10. The molecule has 1 heterocycles. The lowest BCUT2D eigenvalue weighted by Gasteiger charge is -2.17. The van der Waals surface area contributed by atoms with E-state index in [4.69, 9.17) is 10.00 Å². The van der Waals surface area contributed by atoms with E-state index in [1.54, 1.807) is 13.3 Å². The molecule has 0 amide bonds. The van der Waals surface area contributed by atoms with Gasteiger partial charge in [-0.3, -0.25) is 4.90 Å². The number of aromatic nitrogens is 2. The summed E-state index contributed by atoms with van der Waals surface area (Å²) < 4.78 is 7.15. The zero-order valence-electron chi connectivity index (χ0n) is 12.0. The van der Waals surface area contributed by atoms with E-state index in [0.717, 1.165) is 24.5 Å². The maximum Gasteiger partial charge on any atom is 0.136 e. The van der Waals surface area contributed by atoms with Gasteiger partial charge in [-0.1, -0.05) is 6.07 Å². The zero-order valence-corrected chi connectivity index (χ0v) is 12.0. The lowest BCUT2D eigenvalue weighted by atomic mass is 10.1. The highest BCUT2D eigenvalue weighted by Gasteiger charge is 2.08. The second-order valence-corrected chi connectivity index (χ2v) is 4.77. The van der Waals surface area contributed by atoms with Crippen LogP contribution in [-0.4, -0.2) is 28.6 Å². The molecule has 0 saturated heterocycles. The molecule has 0 radical (unpaired) electrons. The molecular formula is C15H18N4O. The molecule has 0 bridgehead atoms. The molecular weight excluding hydrogens is 252 g/mol. The Morgan fingerprint density at radius 2 is 2.20 bits per heavy atom. The monoisotopic (exact) mass is 270 g/mol. The Kier molecular flexibility index (Phi) is 4.38. The molecule has 0 N–H and O–H groups in total. The fraction of sp³-hybridized carbons (Fsp3) is 0.333. The predicted molar refractivity (Wildman–Crippen MR) is 76.1 cm³/mol. The van der Waals surface area contributed by atoms with Crippen LogP contribution in [0.3, 0.4) is 0 Å². The summed E-state index contributed by atoms with van der Waals surface area (Å²) >= 11 is 0. The van der Waals surface area contributed by atoms with Gasteiger partial charge in [-0.25, -0.2) is 4.98 Å². The smallest absolute Gasteiger partial charge is 0.136 e. The van der Waals surface area contributed by atoms with Crippen molar-refractivity contribution in [1.82, 2.24) is 14.5 Å². The van der Waals surface area contributed by atoms with E-state index in [9.17, 15) is 0 Å². The predicted octanol–water partition coefficient (Wildman–Crippen LogP) is 1.93. The van der Waals surface area contributed by atoms with Crippen LogP contribution in [0, 0.1) is 11.3 Å². The third-order valence-electron chi connectivity index (χ3n) is 3.17. The second kappa shape index (κ2) is 6.22. The van der Waals surface area contributed by atoms with Gasteiger partial charge in [0.05, 0.1) is 19.2 Å². The highest BCUT2D eigenvalue weighted by Crippen LogP contribution is 2.19. The lowest BCUT2D eigenvalue weighted by molar-refractivity contribution is 0.307. The maximum atomic E-state index is 9.09. The normalized spacial score (nSPS) is 10.6. The van der Waals surface area contributed by atoms with Gasteiger partial charge in [0, 0.05) is 26.0 Å². The molecule has 0 aliphatic carbocycles. The van der Waals surface area contributed by atoms with E-state index in [2.05, 4.69) is 16.0 Å².